The van der Waals surface area contributed by atoms with E-state index in [0.717, 1.165) is 16.8 Å². The molecule has 118 valence electrons. The average Bonchev–Trinajstić information content (AvgIpc) is 2.92. The summed E-state index contributed by atoms with van der Waals surface area (Å²) in [7, 11) is 0. The Morgan fingerprint density at radius 1 is 1.12 bits per heavy atom. The summed E-state index contributed by atoms with van der Waals surface area (Å²) in [5, 5.41) is 12.8. The summed E-state index contributed by atoms with van der Waals surface area (Å²) < 4.78 is 11.4. The summed E-state index contributed by atoms with van der Waals surface area (Å²) in [5.74, 6) is 1.30. The van der Waals surface area contributed by atoms with Gasteiger partial charge in [-0.1, -0.05) is 36.4 Å². The predicted molar refractivity (Wildman–Crippen MR) is 90.5 cm³/mol. The van der Waals surface area contributed by atoms with Crippen molar-refractivity contribution in [1.82, 2.24) is 0 Å². The fourth-order valence-corrected chi connectivity index (χ4v) is 3.04. The SMILES string of the molecule is CC1=C[C@]2(Nc3cc(-c4ccccc4)ccc3O2)C(C#N)=C(N)O1. The maximum atomic E-state index is 9.47. The minimum Gasteiger partial charge on any atom is -0.457 e. The highest BCUT2D eigenvalue weighted by Gasteiger charge is 2.46. The Labute approximate surface area is 139 Å². The number of nitrogens with two attached hydrogens (primary N) is 1. The molecule has 0 fully saturated rings. The lowest BCUT2D eigenvalue weighted by atomic mass is 10.0. The highest BCUT2D eigenvalue weighted by Crippen LogP contribution is 2.44. The molecule has 0 aliphatic carbocycles. The highest BCUT2D eigenvalue weighted by molar-refractivity contribution is 5.75. The summed E-state index contributed by atoms with van der Waals surface area (Å²) >= 11 is 0. The van der Waals surface area contributed by atoms with Crippen LogP contribution in [-0.4, -0.2) is 5.72 Å². The van der Waals surface area contributed by atoms with Crippen LogP contribution in [0.1, 0.15) is 6.92 Å². The van der Waals surface area contributed by atoms with Gasteiger partial charge in [-0.15, -0.1) is 0 Å². The van der Waals surface area contributed by atoms with Gasteiger partial charge in [-0.05, 0) is 30.2 Å². The molecule has 2 heterocycles. The second-order valence-corrected chi connectivity index (χ2v) is 5.75. The third kappa shape index (κ3) is 2.09. The Morgan fingerprint density at radius 2 is 1.92 bits per heavy atom. The van der Waals surface area contributed by atoms with E-state index in [-0.39, 0.29) is 11.5 Å². The average molecular weight is 317 g/mol. The van der Waals surface area contributed by atoms with Crippen molar-refractivity contribution in [3.05, 3.63) is 71.8 Å². The van der Waals surface area contributed by atoms with Crippen LogP contribution in [-0.2, 0) is 4.74 Å². The number of ether oxygens (including phenoxy) is 2. The molecule has 2 aromatic rings. The first kappa shape index (κ1) is 14.2. The lowest BCUT2D eigenvalue weighted by Gasteiger charge is -2.30. The van der Waals surface area contributed by atoms with Gasteiger partial charge in [0.25, 0.3) is 0 Å². The molecule has 0 bridgehead atoms. The first-order valence-corrected chi connectivity index (χ1v) is 7.55. The van der Waals surface area contributed by atoms with E-state index in [4.69, 9.17) is 15.2 Å². The number of anilines is 1. The van der Waals surface area contributed by atoms with E-state index in [1.807, 2.05) is 48.5 Å². The smallest absolute Gasteiger partial charge is 0.245 e. The molecule has 0 amide bonds. The van der Waals surface area contributed by atoms with Crippen molar-refractivity contribution >= 4 is 5.69 Å². The molecule has 0 saturated carbocycles. The van der Waals surface area contributed by atoms with Crippen LogP contribution in [0.5, 0.6) is 5.75 Å². The van der Waals surface area contributed by atoms with E-state index >= 15 is 0 Å². The molecular formula is C19H15N3O2. The molecule has 0 unspecified atom stereocenters. The molecule has 5 nitrogen and oxygen atoms in total. The van der Waals surface area contributed by atoms with Gasteiger partial charge in [-0.3, -0.25) is 0 Å². The van der Waals surface area contributed by atoms with Crippen molar-refractivity contribution < 1.29 is 9.47 Å². The second kappa shape index (κ2) is 5.07. The lowest BCUT2D eigenvalue weighted by molar-refractivity contribution is 0.175. The minimum absolute atomic E-state index is 0.0566. The maximum absolute atomic E-state index is 9.47. The summed E-state index contributed by atoms with van der Waals surface area (Å²) in [5.41, 5.74) is 7.94. The van der Waals surface area contributed by atoms with Gasteiger partial charge in [0.15, 0.2) is 5.57 Å². The van der Waals surface area contributed by atoms with Crippen molar-refractivity contribution in [2.75, 3.05) is 5.32 Å². The first-order valence-electron chi connectivity index (χ1n) is 7.55. The molecule has 2 aromatic carbocycles. The van der Waals surface area contributed by atoms with Gasteiger partial charge < -0.3 is 20.5 Å². The third-order valence-electron chi connectivity index (χ3n) is 4.09. The fourth-order valence-electron chi connectivity index (χ4n) is 3.04. The van der Waals surface area contributed by atoms with Gasteiger partial charge in [0.2, 0.25) is 11.6 Å². The van der Waals surface area contributed by atoms with Crippen LogP contribution < -0.4 is 15.8 Å². The molecule has 0 saturated heterocycles. The number of allylic oxidation sites excluding steroid dienone is 1. The molecule has 0 radical (unpaired) electrons. The Hall–Kier alpha value is -3.39. The van der Waals surface area contributed by atoms with Crippen molar-refractivity contribution in [1.29, 1.82) is 5.26 Å². The van der Waals surface area contributed by atoms with Crippen molar-refractivity contribution in [2.45, 2.75) is 12.6 Å². The van der Waals surface area contributed by atoms with E-state index in [2.05, 4.69) is 11.4 Å². The van der Waals surface area contributed by atoms with Crippen LogP contribution in [0.25, 0.3) is 11.1 Å². The number of nitrogens with one attached hydrogen (secondary N) is 1. The highest BCUT2D eigenvalue weighted by atomic mass is 16.5. The molecule has 3 N–H and O–H groups in total. The summed E-state index contributed by atoms with van der Waals surface area (Å²) in [6.45, 7) is 1.77. The number of fused-ring (bicyclic) bond motifs is 1. The Morgan fingerprint density at radius 3 is 2.67 bits per heavy atom. The van der Waals surface area contributed by atoms with Gasteiger partial charge in [0.1, 0.15) is 17.6 Å². The number of hydrogen-bond donors (Lipinski definition) is 2. The number of benzene rings is 2. The maximum Gasteiger partial charge on any atom is 0.245 e. The first-order chi connectivity index (χ1) is 11.6. The fraction of sp³-hybridized carbons (Fsp3) is 0.105. The zero-order valence-electron chi connectivity index (χ0n) is 13.0. The number of hydrogen-bond acceptors (Lipinski definition) is 5. The second-order valence-electron chi connectivity index (χ2n) is 5.75. The van der Waals surface area contributed by atoms with Crippen molar-refractivity contribution in [2.24, 2.45) is 5.73 Å². The Balaban J connectivity index is 1.77. The molecule has 0 aromatic heterocycles. The summed E-state index contributed by atoms with van der Waals surface area (Å²) in [6.07, 6.45) is 1.73. The zero-order chi connectivity index (χ0) is 16.7. The van der Waals surface area contributed by atoms with Crippen LogP contribution in [0.4, 0.5) is 5.69 Å². The van der Waals surface area contributed by atoms with E-state index in [9.17, 15) is 5.26 Å². The standard InChI is InChI=1S/C19H15N3O2/c1-12-10-19(15(11-20)18(21)23-12)22-16-9-14(7-8-17(16)24-19)13-5-3-2-4-6-13/h2-10,22H,21H2,1H3/t19-/m1/s1. The number of nitrogens with zero attached hydrogens (tertiary/aromatic N) is 1. The molecule has 24 heavy (non-hydrogen) atoms. The predicted octanol–water partition coefficient (Wildman–Crippen LogP) is 3.48. The number of nitriles is 1. The van der Waals surface area contributed by atoms with Crippen LogP contribution >= 0.6 is 0 Å². The Kier molecular flexibility index (Phi) is 3.00. The molecule has 5 heteroatoms. The molecule has 4 rings (SSSR count). The summed E-state index contributed by atoms with van der Waals surface area (Å²) in [4.78, 5) is 0. The quantitative estimate of drug-likeness (QED) is 0.841. The van der Waals surface area contributed by atoms with Crippen LogP contribution in [0, 0.1) is 11.3 Å². The molecule has 1 spiro atoms. The Bertz CT molecular complexity index is 925. The zero-order valence-corrected chi connectivity index (χ0v) is 13.0. The summed E-state index contributed by atoms with van der Waals surface area (Å²) in [6, 6.07) is 18.0. The van der Waals surface area contributed by atoms with Crippen LogP contribution in [0.2, 0.25) is 0 Å². The van der Waals surface area contributed by atoms with Gasteiger partial charge in [0.05, 0.1) is 5.69 Å². The van der Waals surface area contributed by atoms with E-state index < -0.39 is 5.72 Å². The molecular weight excluding hydrogens is 302 g/mol. The van der Waals surface area contributed by atoms with Crippen molar-refractivity contribution in [3.63, 3.8) is 0 Å². The molecule has 2 aliphatic heterocycles. The van der Waals surface area contributed by atoms with E-state index in [0.29, 0.717) is 11.5 Å². The molecule has 2 aliphatic rings. The monoisotopic (exact) mass is 317 g/mol. The van der Waals surface area contributed by atoms with Gasteiger partial charge in [0, 0.05) is 6.08 Å². The van der Waals surface area contributed by atoms with Crippen LogP contribution in [0.15, 0.2) is 71.8 Å². The number of rotatable bonds is 1. The van der Waals surface area contributed by atoms with Gasteiger partial charge in [-0.25, -0.2) is 0 Å². The third-order valence-corrected chi connectivity index (χ3v) is 4.09. The van der Waals surface area contributed by atoms with Crippen molar-refractivity contribution in [3.8, 4) is 22.9 Å². The normalized spacial score (nSPS) is 21.2. The van der Waals surface area contributed by atoms with Gasteiger partial charge in [-0.2, -0.15) is 5.26 Å². The minimum atomic E-state index is -1.11. The van der Waals surface area contributed by atoms with Gasteiger partial charge >= 0.3 is 0 Å². The van der Waals surface area contributed by atoms with Crippen LogP contribution in [0.3, 0.4) is 0 Å². The molecule has 1 atom stereocenters. The topological polar surface area (TPSA) is 80.3 Å². The largest absolute Gasteiger partial charge is 0.457 e. The lowest BCUT2D eigenvalue weighted by Crippen LogP contribution is -2.44. The van der Waals surface area contributed by atoms with E-state index in [1.54, 1.807) is 13.0 Å². The van der Waals surface area contributed by atoms with E-state index in [1.165, 1.54) is 0 Å².